The van der Waals surface area contributed by atoms with Crippen LogP contribution in [0.4, 0.5) is 5.69 Å². The molecule has 1 N–H and O–H groups in total. The number of hydrogen-bond donors (Lipinski definition) is 1. The number of fused-ring (bicyclic) bond motifs is 1. The van der Waals surface area contributed by atoms with E-state index in [9.17, 15) is 13.2 Å². The Morgan fingerprint density at radius 1 is 1.32 bits per heavy atom. The average molecular weight is 282 g/mol. The molecule has 1 aliphatic rings. The molecule has 5 nitrogen and oxygen atoms in total. The van der Waals surface area contributed by atoms with E-state index in [0.717, 1.165) is 11.3 Å². The summed E-state index contributed by atoms with van der Waals surface area (Å²) >= 11 is 0. The van der Waals surface area contributed by atoms with Gasteiger partial charge in [0.15, 0.2) is 0 Å². The van der Waals surface area contributed by atoms with Crippen LogP contribution in [-0.4, -0.2) is 27.9 Å². The molecule has 0 spiro atoms. The maximum absolute atomic E-state index is 12.1. The number of nitrogens with zero attached hydrogens (tertiary/aromatic N) is 1. The van der Waals surface area contributed by atoms with Gasteiger partial charge in [0.25, 0.3) is 0 Å². The maximum atomic E-state index is 12.1. The van der Waals surface area contributed by atoms with Crippen molar-refractivity contribution in [2.45, 2.75) is 31.1 Å². The molecule has 6 heteroatoms. The Labute approximate surface area is 113 Å². The second kappa shape index (κ2) is 4.31. The average Bonchev–Trinajstić information content (AvgIpc) is 2.51. The lowest BCUT2D eigenvalue weighted by Crippen LogP contribution is -2.33. The van der Waals surface area contributed by atoms with E-state index >= 15 is 0 Å². The summed E-state index contributed by atoms with van der Waals surface area (Å²) < 4.78 is 26.4. The molecule has 0 aromatic heterocycles. The van der Waals surface area contributed by atoms with Crippen LogP contribution in [0.2, 0.25) is 0 Å². The summed E-state index contributed by atoms with van der Waals surface area (Å²) in [4.78, 5) is 13.9. The van der Waals surface area contributed by atoms with Gasteiger partial charge in [0, 0.05) is 19.3 Å². The number of rotatable bonds is 3. The zero-order valence-corrected chi connectivity index (χ0v) is 12.3. The Balaban J connectivity index is 2.59. The number of hydrogen-bond acceptors (Lipinski definition) is 3. The van der Waals surface area contributed by atoms with Gasteiger partial charge in [-0.25, -0.2) is 13.1 Å². The molecule has 0 saturated heterocycles. The van der Waals surface area contributed by atoms with Gasteiger partial charge in [-0.15, -0.1) is 0 Å². The summed E-state index contributed by atoms with van der Waals surface area (Å²) in [6.45, 7) is 5.68. The zero-order chi connectivity index (χ0) is 14.4. The van der Waals surface area contributed by atoms with Gasteiger partial charge in [-0.05, 0) is 37.6 Å². The Morgan fingerprint density at radius 3 is 2.53 bits per heavy atom. The SMILES string of the molecule is CCNS(=O)(=O)c1ccc2c(c1)C(C)(C)C(=O)N2C. The minimum Gasteiger partial charge on any atom is -0.314 e. The normalized spacial score (nSPS) is 17.7. The van der Waals surface area contributed by atoms with Gasteiger partial charge in [0.05, 0.1) is 10.3 Å². The standard InChI is InChI=1S/C13H18N2O3S/c1-5-14-19(17,18)9-6-7-11-10(8-9)13(2,3)12(16)15(11)4/h6-8,14H,5H2,1-4H3. The maximum Gasteiger partial charge on any atom is 0.240 e. The fourth-order valence-electron chi connectivity index (χ4n) is 2.39. The predicted octanol–water partition coefficient (Wildman–Crippen LogP) is 1.24. The number of sulfonamides is 1. The van der Waals surface area contributed by atoms with Crippen LogP contribution in [0.3, 0.4) is 0 Å². The fraction of sp³-hybridized carbons (Fsp3) is 0.462. The number of anilines is 1. The van der Waals surface area contributed by atoms with E-state index in [4.69, 9.17) is 0 Å². The van der Waals surface area contributed by atoms with Gasteiger partial charge in [-0.2, -0.15) is 0 Å². The van der Waals surface area contributed by atoms with E-state index in [-0.39, 0.29) is 10.8 Å². The minimum absolute atomic E-state index is 0.0273. The molecule has 1 aliphatic heterocycles. The summed E-state index contributed by atoms with van der Waals surface area (Å²) in [6, 6.07) is 4.81. The highest BCUT2D eigenvalue weighted by Gasteiger charge is 2.42. The first-order valence-corrected chi connectivity index (χ1v) is 7.62. The van der Waals surface area contributed by atoms with Crippen molar-refractivity contribution in [3.63, 3.8) is 0 Å². The molecule has 0 saturated carbocycles. The van der Waals surface area contributed by atoms with Gasteiger partial charge >= 0.3 is 0 Å². The Morgan fingerprint density at radius 2 is 1.95 bits per heavy atom. The Hall–Kier alpha value is -1.40. The summed E-state index contributed by atoms with van der Waals surface area (Å²) in [5, 5.41) is 0. The van der Waals surface area contributed by atoms with Gasteiger partial charge in [0.2, 0.25) is 15.9 Å². The van der Waals surface area contributed by atoms with Crippen molar-refractivity contribution in [1.82, 2.24) is 4.72 Å². The molecule has 1 aromatic rings. The van der Waals surface area contributed by atoms with Crippen LogP contribution in [-0.2, 0) is 20.2 Å². The van der Waals surface area contributed by atoms with E-state index < -0.39 is 15.4 Å². The van der Waals surface area contributed by atoms with E-state index in [1.165, 1.54) is 6.07 Å². The van der Waals surface area contributed by atoms with Gasteiger partial charge in [0.1, 0.15) is 0 Å². The Kier molecular flexibility index (Phi) is 3.18. The van der Waals surface area contributed by atoms with Crippen molar-refractivity contribution in [3.05, 3.63) is 23.8 Å². The quantitative estimate of drug-likeness (QED) is 0.907. The molecule has 2 rings (SSSR count). The van der Waals surface area contributed by atoms with Crippen molar-refractivity contribution >= 4 is 21.6 Å². The monoisotopic (exact) mass is 282 g/mol. The first kappa shape index (κ1) is 14.0. The van der Waals surface area contributed by atoms with Crippen LogP contribution in [0.25, 0.3) is 0 Å². The zero-order valence-electron chi connectivity index (χ0n) is 11.5. The largest absolute Gasteiger partial charge is 0.314 e. The molecule has 1 heterocycles. The van der Waals surface area contributed by atoms with Crippen molar-refractivity contribution in [3.8, 4) is 0 Å². The topological polar surface area (TPSA) is 66.5 Å². The summed E-state index contributed by atoms with van der Waals surface area (Å²) in [7, 11) is -1.79. The predicted molar refractivity (Wildman–Crippen MR) is 73.7 cm³/mol. The third-order valence-corrected chi connectivity index (χ3v) is 5.03. The number of likely N-dealkylation sites (N-methyl/N-ethyl adjacent to an activating group) is 1. The van der Waals surface area contributed by atoms with Crippen LogP contribution in [0.1, 0.15) is 26.3 Å². The lowest BCUT2D eigenvalue weighted by molar-refractivity contribution is -0.121. The second-order valence-electron chi connectivity index (χ2n) is 5.17. The summed E-state index contributed by atoms with van der Waals surface area (Å²) in [6.07, 6.45) is 0. The highest BCUT2D eigenvalue weighted by atomic mass is 32.2. The minimum atomic E-state index is -3.50. The van der Waals surface area contributed by atoms with E-state index in [1.807, 2.05) is 0 Å². The van der Waals surface area contributed by atoms with Gasteiger partial charge in [-0.1, -0.05) is 6.92 Å². The van der Waals surface area contributed by atoms with Crippen LogP contribution >= 0.6 is 0 Å². The molecule has 0 unspecified atom stereocenters. The molecule has 0 aliphatic carbocycles. The number of carbonyl (C=O) groups is 1. The third-order valence-electron chi connectivity index (χ3n) is 3.49. The van der Waals surface area contributed by atoms with Crippen LogP contribution < -0.4 is 9.62 Å². The van der Waals surface area contributed by atoms with Crippen molar-refractivity contribution in [1.29, 1.82) is 0 Å². The van der Waals surface area contributed by atoms with Gasteiger partial charge in [-0.3, -0.25) is 4.79 Å². The lowest BCUT2D eigenvalue weighted by atomic mass is 9.86. The molecule has 0 bridgehead atoms. The fourth-order valence-corrected chi connectivity index (χ4v) is 3.46. The third kappa shape index (κ3) is 2.04. The number of amides is 1. The first-order chi connectivity index (χ1) is 8.71. The van der Waals surface area contributed by atoms with E-state index in [0.29, 0.717) is 6.54 Å². The number of carbonyl (C=O) groups excluding carboxylic acids is 1. The van der Waals surface area contributed by atoms with Crippen LogP contribution in [0, 0.1) is 0 Å². The molecular weight excluding hydrogens is 264 g/mol. The smallest absolute Gasteiger partial charge is 0.240 e. The lowest BCUT2D eigenvalue weighted by Gasteiger charge is -2.16. The highest BCUT2D eigenvalue weighted by Crippen LogP contribution is 2.41. The van der Waals surface area contributed by atoms with Crippen LogP contribution in [0.15, 0.2) is 23.1 Å². The summed E-state index contributed by atoms with van der Waals surface area (Å²) in [5.41, 5.74) is 0.825. The molecule has 0 fully saturated rings. The molecule has 19 heavy (non-hydrogen) atoms. The first-order valence-electron chi connectivity index (χ1n) is 6.14. The van der Waals surface area contributed by atoms with Gasteiger partial charge < -0.3 is 4.90 Å². The molecular formula is C13H18N2O3S. The Bertz CT molecular complexity index is 635. The van der Waals surface area contributed by atoms with Crippen molar-refractivity contribution in [2.24, 2.45) is 0 Å². The van der Waals surface area contributed by atoms with Crippen molar-refractivity contribution in [2.75, 3.05) is 18.5 Å². The number of nitrogens with one attached hydrogen (secondary N) is 1. The van der Waals surface area contributed by atoms with Crippen LogP contribution in [0.5, 0.6) is 0 Å². The molecule has 104 valence electrons. The molecule has 0 atom stereocenters. The van der Waals surface area contributed by atoms with E-state index in [2.05, 4.69) is 4.72 Å². The van der Waals surface area contributed by atoms with Crippen molar-refractivity contribution < 1.29 is 13.2 Å². The molecule has 0 radical (unpaired) electrons. The number of benzene rings is 1. The molecule has 1 aromatic carbocycles. The van der Waals surface area contributed by atoms with E-state index in [1.54, 1.807) is 44.9 Å². The second-order valence-corrected chi connectivity index (χ2v) is 6.94. The highest BCUT2D eigenvalue weighted by molar-refractivity contribution is 7.89. The molecule has 1 amide bonds. The summed E-state index contributed by atoms with van der Waals surface area (Å²) in [5.74, 6) is -0.0273.